The molecule has 0 aliphatic carbocycles. The van der Waals surface area contributed by atoms with Crippen LogP contribution < -0.4 is 5.73 Å². The van der Waals surface area contributed by atoms with Crippen LogP contribution in [0.25, 0.3) is 5.65 Å². The fourth-order valence-corrected chi connectivity index (χ4v) is 2.41. The summed E-state index contributed by atoms with van der Waals surface area (Å²) < 4.78 is 3.20. The van der Waals surface area contributed by atoms with E-state index in [1.807, 2.05) is 12.1 Å². The van der Waals surface area contributed by atoms with Crippen molar-refractivity contribution >= 4 is 21.6 Å². The van der Waals surface area contributed by atoms with Crippen molar-refractivity contribution in [1.82, 2.24) is 9.38 Å². The molecule has 3 nitrogen and oxygen atoms in total. The first-order chi connectivity index (χ1) is 8.04. The van der Waals surface area contributed by atoms with Crippen LogP contribution in [-0.2, 0) is 0 Å². The number of rotatable bonds is 3. The molecule has 0 saturated carbocycles. The van der Waals surface area contributed by atoms with Gasteiger partial charge in [0, 0.05) is 28.8 Å². The Morgan fingerprint density at radius 2 is 2.12 bits per heavy atom. The molecule has 1 atom stereocenters. The first-order valence-corrected chi connectivity index (χ1v) is 6.71. The third-order valence-electron chi connectivity index (χ3n) is 3.02. The van der Waals surface area contributed by atoms with E-state index in [4.69, 9.17) is 10.7 Å². The first-order valence-electron chi connectivity index (χ1n) is 5.92. The van der Waals surface area contributed by atoms with E-state index in [0.29, 0.717) is 18.4 Å². The molecule has 0 amide bonds. The molecule has 0 saturated heterocycles. The summed E-state index contributed by atoms with van der Waals surface area (Å²) >= 11 is 3.48. The van der Waals surface area contributed by atoms with Crippen molar-refractivity contribution in [2.24, 2.45) is 5.73 Å². The maximum Gasteiger partial charge on any atom is 0.138 e. The quantitative estimate of drug-likeness (QED) is 0.944. The van der Waals surface area contributed by atoms with Crippen LogP contribution in [0.4, 0.5) is 0 Å². The molecule has 2 rings (SSSR count). The van der Waals surface area contributed by atoms with Gasteiger partial charge in [-0.1, -0.05) is 36.7 Å². The van der Waals surface area contributed by atoms with E-state index in [1.54, 1.807) is 0 Å². The van der Waals surface area contributed by atoms with Crippen molar-refractivity contribution in [3.05, 3.63) is 34.2 Å². The summed E-state index contributed by atoms with van der Waals surface area (Å²) in [5, 5.41) is 0. The Hall–Kier alpha value is -0.870. The Bertz CT molecular complexity index is 531. The molecule has 92 valence electrons. The van der Waals surface area contributed by atoms with E-state index < -0.39 is 0 Å². The molecular weight excluding hydrogens is 278 g/mol. The summed E-state index contributed by atoms with van der Waals surface area (Å²) in [6, 6.07) is 4.07. The Morgan fingerprint density at radius 1 is 1.41 bits per heavy atom. The minimum atomic E-state index is 0.323. The molecule has 0 radical (unpaired) electrons. The third-order valence-corrected chi connectivity index (χ3v) is 3.51. The summed E-state index contributed by atoms with van der Waals surface area (Å²) in [5.41, 5.74) is 9.18. The van der Waals surface area contributed by atoms with Gasteiger partial charge in [-0.2, -0.15) is 0 Å². The maximum atomic E-state index is 5.80. The largest absolute Gasteiger partial charge is 0.330 e. The van der Waals surface area contributed by atoms with Gasteiger partial charge in [0.25, 0.3) is 0 Å². The highest BCUT2D eigenvalue weighted by Crippen LogP contribution is 2.27. The molecular formula is C13H18BrN3. The zero-order chi connectivity index (χ0) is 12.6. The number of hydrogen-bond acceptors (Lipinski definition) is 2. The van der Waals surface area contributed by atoms with Gasteiger partial charge in [-0.05, 0) is 18.1 Å². The van der Waals surface area contributed by atoms with E-state index in [0.717, 1.165) is 15.8 Å². The Kier molecular flexibility index (Phi) is 3.54. The number of fused-ring (bicyclic) bond motifs is 1. The zero-order valence-corrected chi connectivity index (χ0v) is 12.0. The number of pyridine rings is 1. The average molecular weight is 296 g/mol. The van der Waals surface area contributed by atoms with Crippen molar-refractivity contribution in [3.8, 4) is 0 Å². The molecule has 1 unspecified atom stereocenters. The highest BCUT2D eigenvalue weighted by molar-refractivity contribution is 9.10. The van der Waals surface area contributed by atoms with Crippen LogP contribution in [0.1, 0.15) is 44.0 Å². The average Bonchev–Trinajstić information content (AvgIpc) is 2.66. The van der Waals surface area contributed by atoms with Crippen molar-refractivity contribution in [3.63, 3.8) is 0 Å². The van der Waals surface area contributed by atoms with Crippen molar-refractivity contribution < 1.29 is 0 Å². The lowest BCUT2D eigenvalue weighted by Gasteiger charge is -2.12. The number of nitrogens with zero attached hydrogens (tertiary/aromatic N) is 2. The fraction of sp³-hybridized carbons (Fsp3) is 0.462. The SMILES string of the molecule is CC(C)c1nc2cc(Br)ccn2c1C(C)CN. The number of halogens is 1. The number of aromatic nitrogens is 2. The van der Waals surface area contributed by atoms with Gasteiger partial charge >= 0.3 is 0 Å². The molecule has 17 heavy (non-hydrogen) atoms. The first kappa shape index (κ1) is 12.6. The zero-order valence-electron chi connectivity index (χ0n) is 10.4. The van der Waals surface area contributed by atoms with E-state index in [-0.39, 0.29) is 0 Å². The molecule has 0 spiro atoms. The lowest BCUT2D eigenvalue weighted by atomic mass is 10.00. The molecule has 0 fully saturated rings. The van der Waals surface area contributed by atoms with Crippen molar-refractivity contribution in [2.75, 3.05) is 6.54 Å². The Labute approximate surface area is 110 Å². The molecule has 2 aromatic heterocycles. The molecule has 0 bridgehead atoms. The molecule has 2 heterocycles. The molecule has 2 N–H and O–H groups in total. The van der Waals surface area contributed by atoms with Crippen LogP contribution in [-0.4, -0.2) is 15.9 Å². The smallest absolute Gasteiger partial charge is 0.138 e. The molecule has 2 aromatic rings. The monoisotopic (exact) mass is 295 g/mol. The summed E-state index contributed by atoms with van der Waals surface area (Å²) in [5.74, 6) is 0.737. The van der Waals surface area contributed by atoms with Crippen molar-refractivity contribution in [2.45, 2.75) is 32.6 Å². The van der Waals surface area contributed by atoms with Gasteiger partial charge in [0.05, 0.1) is 5.69 Å². The van der Waals surface area contributed by atoms with E-state index in [9.17, 15) is 0 Å². The normalized spacial score (nSPS) is 13.5. The van der Waals surface area contributed by atoms with E-state index in [2.05, 4.69) is 47.3 Å². The van der Waals surface area contributed by atoms with Gasteiger partial charge in [-0.15, -0.1) is 0 Å². The summed E-state index contributed by atoms with van der Waals surface area (Å²) in [7, 11) is 0. The van der Waals surface area contributed by atoms with Crippen LogP contribution >= 0.6 is 15.9 Å². The Balaban J connectivity index is 2.71. The topological polar surface area (TPSA) is 43.3 Å². The number of nitrogens with two attached hydrogens (primary N) is 1. The van der Waals surface area contributed by atoms with Crippen LogP contribution in [0.2, 0.25) is 0 Å². The molecule has 0 aliphatic heterocycles. The van der Waals surface area contributed by atoms with Gasteiger partial charge in [0.2, 0.25) is 0 Å². The second-order valence-corrected chi connectivity index (χ2v) is 5.66. The molecule has 4 heteroatoms. The van der Waals surface area contributed by atoms with E-state index >= 15 is 0 Å². The third kappa shape index (κ3) is 2.24. The lowest BCUT2D eigenvalue weighted by Crippen LogP contribution is -2.13. The highest BCUT2D eigenvalue weighted by Gasteiger charge is 2.19. The second-order valence-electron chi connectivity index (χ2n) is 4.75. The van der Waals surface area contributed by atoms with Gasteiger partial charge in [-0.3, -0.25) is 0 Å². The second kappa shape index (κ2) is 4.78. The minimum Gasteiger partial charge on any atom is -0.330 e. The van der Waals surface area contributed by atoms with Gasteiger partial charge in [0.15, 0.2) is 0 Å². The van der Waals surface area contributed by atoms with Crippen LogP contribution in [0.5, 0.6) is 0 Å². The van der Waals surface area contributed by atoms with Crippen LogP contribution in [0.3, 0.4) is 0 Å². The van der Waals surface area contributed by atoms with Crippen LogP contribution in [0, 0.1) is 0 Å². The molecule has 0 aromatic carbocycles. The van der Waals surface area contributed by atoms with Crippen LogP contribution in [0.15, 0.2) is 22.8 Å². The molecule has 0 aliphatic rings. The van der Waals surface area contributed by atoms with Gasteiger partial charge < -0.3 is 10.1 Å². The summed E-state index contributed by atoms with van der Waals surface area (Å²) in [6.45, 7) is 7.13. The van der Waals surface area contributed by atoms with Gasteiger partial charge in [0.1, 0.15) is 5.65 Å². The van der Waals surface area contributed by atoms with Crippen molar-refractivity contribution in [1.29, 1.82) is 0 Å². The summed E-state index contributed by atoms with van der Waals surface area (Å²) in [4.78, 5) is 4.72. The fourth-order valence-electron chi connectivity index (χ4n) is 2.08. The summed E-state index contributed by atoms with van der Waals surface area (Å²) in [6.07, 6.45) is 2.06. The predicted octanol–water partition coefficient (Wildman–Crippen LogP) is 3.28. The number of imidazole rings is 1. The number of hydrogen-bond donors (Lipinski definition) is 1. The standard InChI is InChI=1S/C13H18BrN3/c1-8(2)12-13(9(3)7-15)17-5-4-10(14)6-11(17)16-12/h4-6,8-9H,7,15H2,1-3H3. The van der Waals surface area contributed by atoms with Gasteiger partial charge in [-0.25, -0.2) is 4.98 Å². The minimum absolute atomic E-state index is 0.323. The van der Waals surface area contributed by atoms with E-state index in [1.165, 1.54) is 5.69 Å². The Morgan fingerprint density at radius 3 is 2.71 bits per heavy atom. The predicted molar refractivity (Wildman–Crippen MR) is 74.5 cm³/mol. The maximum absolute atomic E-state index is 5.80. The lowest BCUT2D eigenvalue weighted by molar-refractivity contribution is 0.702. The highest BCUT2D eigenvalue weighted by atomic mass is 79.9.